The van der Waals surface area contributed by atoms with Crippen LogP contribution in [0.5, 0.6) is 5.88 Å². The maximum Gasteiger partial charge on any atom is 0.264 e. The fourth-order valence-corrected chi connectivity index (χ4v) is 5.57. The Balaban J connectivity index is 1.64. The highest BCUT2D eigenvalue weighted by Crippen LogP contribution is 2.35. The molecule has 2 N–H and O–H groups in total. The van der Waals surface area contributed by atoms with E-state index in [1.807, 2.05) is 0 Å². The molecule has 8 nitrogen and oxygen atoms in total. The van der Waals surface area contributed by atoms with Gasteiger partial charge in [-0.25, -0.2) is 13.4 Å². The van der Waals surface area contributed by atoms with Gasteiger partial charge in [-0.3, -0.25) is 9.10 Å². The second-order valence-corrected chi connectivity index (χ2v) is 10.2. The summed E-state index contributed by atoms with van der Waals surface area (Å²) < 4.78 is 33.2. The van der Waals surface area contributed by atoms with E-state index in [4.69, 9.17) is 27.9 Å². The quantitative estimate of drug-likeness (QED) is 0.688. The number of amides is 1. The first kappa shape index (κ1) is 22.1. The van der Waals surface area contributed by atoms with Gasteiger partial charge in [0.05, 0.1) is 39.2 Å². The van der Waals surface area contributed by atoms with E-state index in [1.165, 1.54) is 30.5 Å². The summed E-state index contributed by atoms with van der Waals surface area (Å²) in [5.74, 6) is -0.317. The van der Waals surface area contributed by atoms with Crippen LogP contribution in [-0.4, -0.2) is 49.7 Å². The van der Waals surface area contributed by atoms with Crippen molar-refractivity contribution in [2.45, 2.75) is 42.7 Å². The largest absolute Gasteiger partial charge is 0.474 e. The number of carbonyl (C=O) groups excluding carboxylic acids is 1. The Bertz CT molecular complexity index is 1110. The number of hydrogen-bond acceptors (Lipinski definition) is 6. The first-order valence-corrected chi connectivity index (χ1v) is 12.1. The number of aromatic nitrogens is 1. The molecule has 2 heterocycles. The van der Waals surface area contributed by atoms with E-state index < -0.39 is 22.0 Å². The van der Waals surface area contributed by atoms with Gasteiger partial charge >= 0.3 is 0 Å². The minimum Gasteiger partial charge on any atom is -0.474 e. The van der Waals surface area contributed by atoms with Crippen molar-refractivity contribution in [3.05, 3.63) is 46.1 Å². The third-order valence-corrected chi connectivity index (χ3v) is 7.97. The molecule has 2 atom stereocenters. The van der Waals surface area contributed by atoms with Gasteiger partial charge in [-0.2, -0.15) is 0 Å². The van der Waals surface area contributed by atoms with Crippen LogP contribution in [0.2, 0.25) is 10.0 Å². The number of aliphatic hydroxyl groups is 1. The van der Waals surface area contributed by atoms with Crippen LogP contribution in [0.3, 0.4) is 0 Å². The molecule has 0 radical (unpaired) electrons. The fraction of sp³-hybridized carbons (Fsp3) is 0.400. The topological polar surface area (TPSA) is 109 Å². The van der Waals surface area contributed by atoms with Crippen LogP contribution >= 0.6 is 23.2 Å². The van der Waals surface area contributed by atoms with Gasteiger partial charge in [0.25, 0.3) is 15.9 Å². The maximum absolute atomic E-state index is 13.3. The lowest BCUT2D eigenvalue weighted by Crippen LogP contribution is -2.45. The van der Waals surface area contributed by atoms with E-state index in [-0.39, 0.29) is 51.3 Å². The highest BCUT2D eigenvalue weighted by Gasteiger charge is 2.33. The van der Waals surface area contributed by atoms with Crippen LogP contribution < -0.4 is 14.4 Å². The Kier molecular flexibility index (Phi) is 6.30. The maximum atomic E-state index is 13.3. The zero-order valence-corrected chi connectivity index (χ0v) is 18.8. The van der Waals surface area contributed by atoms with Gasteiger partial charge in [-0.05, 0) is 37.1 Å². The Morgan fingerprint density at radius 2 is 1.97 bits per heavy atom. The highest BCUT2D eigenvalue weighted by molar-refractivity contribution is 7.92. The first-order chi connectivity index (χ1) is 14.8. The number of aliphatic hydroxyl groups excluding tert-OH is 1. The van der Waals surface area contributed by atoms with Gasteiger partial charge < -0.3 is 15.2 Å². The number of anilines is 1. The standard InChI is InChI=1S/C20H21Cl2N3O5S/c21-14-6-5-13(10-15(14)22)31(28,29)25-7-8-30-20-17(25)9-12(11-23-20)19(27)24-16-3-1-2-4-18(16)26/h5-6,9-11,16,18,26H,1-4,7-8H2,(H,24,27)/t16-,18?/m1/s1. The molecule has 1 aromatic carbocycles. The van der Waals surface area contributed by atoms with Gasteiger partial charge in [0.2, 0.25) is 5.88 Å². The molecule has 1 aromatic heterocycles. The molecule has 2 aliphatic rings. The van der Waals surface area contributed by atoms with Gasteiger partial charge in [0, 0.05) is 6.20 Å². The summed E-state index contributed by atoms with van der Waals surface area (Å²) in [7, 11) is -3.99. The summed E-state index contributed by atoms with van der Waals surface area (Å²) in [6.45, 7) is 0.157. The normalized spacial score (nSPS) is 21.2. The number of pyridine rings is 1. The average Bonchev–Trinajstić information content (AvgIpc) is 2.76. The molecule has 1 amide bonds. The lowest BCUT2D eigenvalue weighted by atomic mass is 9.92. The summed E-state index contributed by atoms with van der Waals surface area (Å²) in [4.78, 5) is 16.9. The van der Waals surface area contributed by atoms with E-state index in [9.17, 15) is 18.3 Å². The molecule has 0 bridgehead atoms. The number of carbonyl (C=O) groups is 1. The Hall–Kier alpha value is -2.07. The zero-order chi connectivity index (χ0) is 22.2. The number of hydrogen-bond donors (Lipinski definition) is 2. The predicted molar refractivity (Wildman–Crippen MR) is 116 cm³/mol. The summed E-state index contributed by atoms with van der Waals surface area (Å²) in [6.07, 6.45) is 3.90. The van der Waals surface area contributed by atoms with Crippen LogP contribution in [0.25, 0.3) is 0 Å². The van der Waals surface area contributed by atoms with E-state index in [1.54, 1.807) is 0 Å². The molecule has 1 aliphatic heterocycles. The van der Waals surface area contributed by atoms with Crippen molar-refractivity contribution in [1.29, 1.82) is 0 Å². The Labute approximate surface area is 190 Å². The van der Waals surface area contributed by atoms with E-state index in [2.05, 4.69) is 10.3 Å². The molecule has 0 saturated heterocycles. The van der Waals surface area contributed by atoms with Crippen LogP contribution in [-0.2, 0) is 10.0 Å². The fourth-order valence-electron chi connectivity index (χ4n) is 3.75. The minimum absolute atomic E-state index is 0.0325. The van der Waals surface area contributed by atoms with Gasteiger partial charge in [-0.15, -0.1) is 0 Å². The molecule has 1 unspecified atom stereocenters. The summed E-state index contributed by atoms with van der Waals surface area (Å²) in [5.41, 5.74) is 0.338. The van der Waals surface area contributed by atoms with E-state index in [0.29, 0.717) is 12.8 Å². The van der Waals surface area contributed by atoms with Crippen molar-refractivity contribution in [3.63, 3.8) is 0 Å². The van der Waals surface area contributed by atoms with Crippen LogP contribution in [0.4, 0.5) is 5.69 Å². The number of benzene rings is 1. The monoisotopic (exact) mass is 485 g/mol. The Morgan fingerprint density at radius 3 is 2.71 bits per heavy atom. The molecule has 1 aliphatic carbocycles. The van der Waals surface area contributed by atoms with Crippen molar-refractivity contribution in [3.8, 4) is 5.88 Å². The third-order valence-electron chi connectivity index (χ3n) is 5.42. The molecule has 11 heteroatoms. The first-order valence-electron chi connectivity index (χ1n) is 9.87. The number of sulfonamides is 1. The summed E-state index contributed by atoms with van der Waals surface area (Å²) in [6, 6.07) is 5.15. The molecular weight excluding hydrogens is 465 g/mol. The molecule has 1 fully saturated rings. The molecular formula is C20H21Cl2N3O5S. The smallest absolute Gasteiger partial charge is 0.264 e. The zero-order valence-electron chi connectivity index (χ0n) is 16.4. The second-order valence-electron chi connectivity index (χ2n) is 7.48. The number of rotatable bonds is 4. The second kappa shape index (κ2) is 8.82. The van der Waals surface area contributed by atoms with Crippen LogP contribution in [0, 0.1) is 0 Å². The highest BCUT2D eigenvalue weighted by atomic mass is 35.5. The molecule has 4 rings (SSSR count). The number of halogens is 2. The number of fused-ring (bicyclic) bond motifs is 1. The van der Waals surface area contributed by atoms with Gasteiger partial charge in [0.15, 0.2) is 0 Å². The van der Waals surface area contributed by atoms with Crippen LogP contribution in [0.1, 0.15) is 36.0 Å². The third kappa shape index (κ3) is 4.45. The van der Waals surface area contributed by atoms with Gasteiger partial charge in [0.1, 0.15) is 12.3 Å². The van der Waals surface area contributed by atoms with Crippen LogP contribution in [0.15, 0.2) is 35.4 Å². The predicted octanol–water partition coefficient (Wildman–Crippen LogP) is 3.01. The molecule has 0 spiro atoms. The van der Waals surface area contributed by atoms with Gasteiger partial charge in [-0.1, -0.05) is 36.0 Å². The lowest BCUT2D eigenvalue weighted by molar-refractivity contribution is 0.0717. The summed E-state index contributed by atoms with van der Waals surface area (Å²) >= 11 is 11.9. The van der Waals surface area contributed by atoms with Crippen molar-refractivity contribution in [2.24, 2.45) is 0 Å². The van der Waals surface area contributed by atoms with Crippen molar-refractivity contribution >= 4 is 44.8 Å². The Morgan fingerprint density at radius 1 is 1.19 bits per heavy atom. The number of ether oxygens (including phenoxy) is 1. The number of nitrogens with zero attached hydrogens (tertiary/aromatic N) is 2. The molecule has 1 saturated carbocycles. The lowest BCUT2D eigenvalue weighted by Gasteiger charge is -2.30. The SMILES string of the molecule is O=C(N[C@@H]1CCCCC1O)c1cnc2c(c1)N(S(=O)(=O)c1ccc(Cl)c(Cl)c1)CCO2. The van der Waals surface area contributed by atoms with E-state index in [0.717, 1.165) is 17.1 Å². The van der Waals surface area contributed by atoms with Crippen molar-refractivity contribution in [1.82, 2.24) is 10.3 Å². The van der Waals surface area contributed by atoms with Crippen molar-refractivity contribution in [2.75, 3.05) is 17.5 Å². The minimum atomic E-state index is -3.99. The molecule has 166 valence electrons. The summed E-state index contributed by atoms with van der Waals surface area (Å²) in [5, 5.41) is 13.3. The van der Waals surface area contributed by atoms with E-state index >= 15 is 0 Å². The number of nitrogens with one attached hydrogen (secondary N) is 1. The molecule has 31 heavy (non-hydrogen) atoms. The van der Waals surface area contributed by atoms with Crippen molar-refractivity contribution < 1.29 is 23.1 Å². The average molecular weight is 486 g/mol. The molecule has 2 aromatic rings.